The van der Waals surface area contributed by atoms with Crippen molar-refractivity contribution in [3.05, 3.63) is 15.9 Å². The van der Waals surface area contributed by atoms with Crippen molar-refractivity contribution in [3.63, 3.8) is 0 Å². The number of thiophene rings is 1. The zero-order valence-corrected chi connectivity index (χ0v) is 14.0. The van der Waals surface area contributed by atoms with Crippen molar-refractivity contribution >= 4 is 37.3 Å². The van der Waals surface area contributed by atoms with Crippen molar-refractivity contribution in [3.8, 4) is 0 Å². The number of sulfonamides is 1. The van der Waals surface area contributed by atoms with Gasteiger partial charge in [-0.15, -0.1) is 11.3 Å². The highest BCUT2D eigenvalue weighted by atomic mass is 79.9. The molecule has 0 spiro atoms. The number of hydrogen-bond acceptors (Lipinski definition) is 4. The van der Waals surface area contributed by atoms with E-state index in [2.05, 4.69) is 39.4 Å². The molecule has 0 aliphatic rings. The van der Waals surface area contributed by atoms with Gasteiger partial charge in [0.1, 0.15) is 4.21 Å². The predicted octanol–water partition coefficient (Wildman–Crippen LogP) is 2.52. The van der Waals surface area contributed by atoms with Crippen LogP contribution in [0.3, 0.4) is 0 Å². The highest BCUT2D eigenvalue weighted by Crippen LogP contribution is 2.25. The minimum absolute atomic E-state index is 0.353. The van der Waals surface area contributed by atoms with E-state index in [9.17, 15) is 8.42 Å². The minimum atomic E-state index is -3.34. The van der Waals surface area contributed by atoms with Gasteiger partial charge in [-0.05, 0) is 61.9 Å². The van der Waals surface area contributed by atoms with Gasteiger partial charge >= 0.3 is 0 Å². The molecule has 0 radical (unpaired) electrons. The summed E-state index contributed by atoms with van der Waals surface area (Å²) in [6.07, 6.45) is 0.806. The van der Waals surface area contributed by atoms with Gasteiger partial charge in [-0.25, -0.2) is 13.1 Å². The van der Waals surface area contributed by atoms with Gasteiger partial charge in [-0.2, -0.15) is 0 Å². The lowest BCUT2D eigenvalue weighted by molar-refractivity contribution is 0.271. The van der Waals surface area contributed by atoms with Crippen molar-refractivity contribution in [1.82, 2.24) is 9.62 Å². The van der Waals surface area contributed by atoms with Crippen LogP contribution < -0.4 is 4.72 Å². The van der Waals surface area contributed by atoms with E-state index in [1.165, 1.54) is 11.3 Å². The molecule has 7 heteroatoms. The fraction of sp³-hybridized carbons (Fsp3) is 0.636. The Labute approximate surface area is 122 Å². The molecule has 1 aromatic heterocycles. The van der Waals surface area contributed by atoms with Crippen LogP contribution in [-0.4, -0.2) is 39.5 Å². The molecule has 0 saturated carbocycles. The molecule has 18 heavy (non-hydrogen) atoms. The van der Waals surface area contributed by atoms with Gasteiger partial charge in [0.15, 0.2) is 0 Å². The second-order valence-electron chi connectivity index (χ2n) is 4.38. The van der Waals surface area contributed by atoms with Crippen LogP contribution in [0.15, 0.2) is 20.1 Å². The zero-order valence-electron chi connectivity index (χ0n) is 10.8. The summed E-state index contributed by atoms with van der Waals surface area (Å²) < 4.78 is 27.6. The van der Waals surface area contributed by atoms with Crippen LogP contribution in [0.25, 0.3) is 0 Å². The molecule has 0 atom stereocenters. The van der Waals surface area contributed by atoms with Crippen LogP contribution >= 0.6 is 27.3 Å². The lowest BCUT2D eigenvalue weighted by Gasteiger charge is -2.20. The van der Waals surface area contributed by atoms with Crippen molar-refractivity contribution < 1.29 is 8.42 Å². The summed E-state index contributed by atoms with van der Waals surface area (Å²) in [6.45, 7) is 5.59. The maximum atomic E-state index is 11.9. The number of halogens is 1. The van der Waals surface area contributed by atoms with Crippen LogP contribution in [0.5, 0.6) is 0 Å². The summed E-state index contributed by atoms with van der Waals surface area (Å²) in [7, 11) is -1.30. The average Bonchev–Trinajstić information content (AvgIpc) is 2.71. The molecular formula is C11H19BrN2O2S2. The Morgan fingerprint density at radius 2 is 2.11 bits per heavy atom. The molecule has 0 fully saturated rings. The smallest absolute Gasteiger partial charge is 0.250 e. The highest BCUT2D eigenvalue weighted by Gasteiger charge is 2.15. The quantitative estimate of drug-likeness (QED) is 0.765. The molecule has 0 saturated heterocycles. The van der Waals surface area contributed by atoms with Crippen molar-refractivity contribution in [2.24, 2.45) is 0 Å². The molecule has 0 unspecified atom stereocenters. The van der Waals surface area contributed by atoms with E-state index in [1.54, 1.807) is 12.1 Å². The summed E-state index contributed by atoms with van der Waals surface area (Å²) >= 11 is 4.48. The van der Waals surface area contributed by atoms with Crippen molar-refractivity contribution in [1.29, 1.82) is 0 Å². The number of hydrogen-bond donors (Lipinski definition) is 1. The average molecular weight is 355 g/mol. The Morgan fingerprint density at radius 3 is 2.61 bits per heavy atom. The Hall–Kier alpha value is 0.0500. The van der Waals surface area contributed by atoms with E-state index in [0.717, 1.165) is 16.8 Å². The topological polar surface area (TPSA) is 49.4 Å². The zero-order chi connectivity index (χ0) is 13.8. The summed E-state index contributed by atoms with van der Waals surface area (Å²) in [4.78, 5) is 2.19. The van der Waals surface area contributed by atoms with Crippen molar-refractivity contribution in [2.45, 2.75) is 30.5 Å². The Bertz CT molecular complexity index is 471. The maximum absolute atomic E-state index is 11.9. The van der Waals surface area contributed by atoms with Crippen LogP contribution in [0.1, 0.15) is 20.3 Å². The molecule has 0 amide bonds. The Morgan fingerprint density at radius 1 is 1.44 bits per heavy atom. The largest absolute Gasteiger partial charge is 0.304 e. The van der Waals surface area contributed by atoms with E-state index in [-0.39, 0.29) is 0 Å². The SMILES string of the molecule is CC(C)N(C)CCCNS(=O)(=O)c1ccc(Br)s1. The van der Waals surface area contributed by atoms with E-state index < -0.39 is 10.0 Å². The second kappa shape index (κ2) is 7.00. The monoisotopic (exact) mass is 354 g/mol. The molecule has 0 aliphatic heterocycles. The minimum Gasteiger partial charge on any atom is -0.304 e. The number of nitrogens with one attached hydrogen (secondary N) is 1. The van der Waals surface area contributed by atoms with Gasteiger partial charge in [0.05, 0.1) is 3.79 Å². The lowest BCUT2D eigenvalue weighted by Crippen LogP contribution is -2.31. The fourth-order valence-electron chi connectivity index (χ4n) is 1.31. The number of rotatable bonds is 7. The molecule has 1 aromatic rings. The fourth-order valence-corrected chi connectivity index (χ4v) is 4.44. The van der Waals surface area contributed by atoms with Gasteiger partial charge in [-0.1, -0.05) is 0 Å². The van der Waals surface area contributed by atoms with E-state index >= 15 is 0 Å². The molecule has 0 bridgehead atoms. The summed E-state index contributed by atoms with van der Waals surface area (Å²) in [6, 6.07) is 3.83. The molecule has 1 rings (SSSR count). The van der Waals surface area contributed by atoms with Gasteiger partial charge in [0.2, 0.25) is 10.0 Å². The summed E-state index contributed by atoms with van der Waals surface area (Å²) in [5.41, 5.74) is 0. The summed E-state index contributed by atoms with van der Waals surface area (Å²) in [5.74, 6) is 0. The molecule has 0 aromatic carbocycles. The first kappa shape index (κ1) is 16.1. The normalized spacial score (nSPS) is 12.6. The molecule has 0 aliphatic carbocycles. The summed E-state index contributed by atoms with van der Waals surface area (Å²) in [5, 5.41) is 0. The molecule has 104 valence electrons. The first-order valence-electron chi connectivity index (χ1n) is 5.78. The third-order valence-electron chi connectivity index (χ3n) is 2.67. The molecule has 4 nitrogen and oxygen atoms in total. The first-order valence-corrected chi connectivity index (χ1v) is 8.87. The molecule has 1 N–H and O–H groups in total. The number of nitrogens with zero attached hydrogens (tertiary/aromatic N) is 1. The first-order chi connectivity index (χ1) is 8.33. The van der Waals surface area contributed by atoms with Gasteiger partial charge < -0.3 is 4.90 Å². The maximum Gasteiger partial charge on any atom is 0.250 e. The Kier molecular flexibility index (Phi) is 6.26. The second-order valence-corrected chi connectivity index (χ2v) is 8.84. The van der Waals surface area contributed by atoms with E-state index in [4.69, 9.17) is 0 Å². The third-order valence-corrected chi connectivity index (χ3v) is 6.25. The molecule has 1 heterocycles. The van der Waals surface area contributed by atoms with Crippen LogP contribution in [0, 0.1) is 0 Å². The van der Waals surface area contributed by atoms with E-state index in [1.807, 2.05) is 7.05 Å². The van der Waals surface area contributed by atoms with Gasteiger partial charge in [0, 0.05) is 12.6 Å². The molecular weight excluding hydrogens is 336 g/mol. The van der Waals surface area contributed by atoms with Crippen LogP contribution in [0.4, 0.5) is 0 Å². The van der Waals surface area contributed by atoms with Crippen LogP contribution in [-0.2, 0) is 10.0 Å². The highest BCUT2D eigenvalue weighted by molar-refractivity contribution is 9.11. The van der Waals surface area contributed by atoms with Gasteiger partial charge in [-0.3, -0.25) is 0 Å². The van der Waals surface area contributed by atoms with Gasteiger partial charge in [0.25, 0.3) is 0 Å². The van der Waals surface area contributed by atoms with E-state index in [0.29, 0.717) is 16.8 Å². The van der Waals surface area contributed by atoms with Crippen LogP contribution in [0.2, 0.25) is 0 Å². The van der Waals surface area contributed by atoms with Crippen molar-refractivity contribution in [2.75, 3.05) is 20.1 Å². The predicted molar refractivity (Wildman–Crippen MR) is 79.6 cm³/mol. The Balaban J connectivity index is 2.39. The third kappa shape index (κ3) is 4.97. The standard InChI is InChI=1S/C11H19BrN2O2S2/c1-9(2)14(3)8-4-7-13-18(15,16)11-6-5-10(12)17-11/h5-6,9,13H,4,7-8H2,1-3H3. The lowest BCUT2D eigenvalue weighted by atomic mass is 10.3.